The van der Waals surface area contributed by atoms with Crippen LogP contribution in [0.15, 0.2) is 12.2 Å². The van der Waals surface area contributed by atoms with Gasteiger partial charge in [0.2, 0.25) is 0 Å². The van der Waals surface area contributed by atoms with Crippen LogP contribution < -0.4 is 5.73 Å². The molecule has 0 fully saturated rings. The summed E-state index contributed by atoms with van der Waals surface area (Å²) in [5.41, 5.74) is 3.83. The summed E-state index contributed by atoms with van der Waals surface area (Å²) in [7, 11) is -0.528. The second kappa shape index (κ2) is 29.9. The number of allylic oxidation sites excluding steroid dienone is 2. The lowest BCUT2D eigenvalue weighted by atomic mass is 10.0. The summed E-state index contributed by atoms with van der Waals surface area (Å²) < 4.78 is 0. The molecule has 0 aromatic heterocycles. The van der Waals surface area contributed by atoms with Crippen molar-refractivity contribution in [2.24, 2.45) is 5.73 Å². The van der Waals surface area contributed by atoms with E-state index in [4.69, 9.17) is 5.73 Å². The first-order chi connectivity index (χ1) is 19.4. The predicted octanol–water partition coefficient (Wildman–Crippen LogP) is 10.9. The van der Waals surface area contributed by atoms with E-state index in [1.165, 1.54) is 122 Å². The molecule has 2 unspecified atom stereocenters. The number of unbranched alkanes of at least 4 members (excludes halogenated alkanes) is 23. The molecular formula is C35H68NO3P. The first-order valence-electron chi connectivity index (χ1n) is 17.4. The van der Waals surface area contributed by atoms with Gasteiger partial charge in [0.15, 0.2) is 16.8 Å². The Morgan fingerprint density at radius 1 is 0.550 bits per heavy atom. The zero-order valence-corrected chi connectivity index (χ0v) is 27.8. The maximum Gasteiger partial charge on any atom is 0.196 e. The normalized spacial score (nSPS) is 13.5. The van der Waals surface area contributed by atoms with Crippen LogP contribution in [0, 0.1) is 0 Å². The molecule has 0 rings (SSSR count). The van der Waals surface area contributed by atoms with E-state index in [-0.39, 0.29) is 17.7 Å². The van der Waals surface area contributed by atoms with Crippen molar-refractivity contribution in [3.05, 3.63) is 12.2 Å². The van der Waals surface area contributed by atoms with Crippen LogP contribution in [0.5, 0.6) is 0 Å². The largest absolute Gasteiger partial charge is 0.366 e. The van der Waals surface area contributed by atoms with Crippen molar-refractivity contribution in [2.45, 2.75) is 199 Å². The third kappa shape index (κ3) is 27.6. The fourth-order valence-electron chi connectivity index (χ4n) is 5.19. The summed E-state index contributed by atoms with van der Waals surface area (Å²) in [5.74, 6) is -0.373. The van der Waals surface area contributed by atoms with Crippen molar-refractivity contribution in [1.82, 2.24) is 0 Å². The molecule has 2 atom stereocenters. The summed E-state index contributed by atoms with van der Waals surface area (Å²) in [6, 6.07) is 0. The number of hydrogen-bond donors (Lipinski definition) is 2. The molecule has 0 aliphatic carbocycles. The van der Waals surface area contributed by atoms with Crippen LogP contribution in [0.1, 0.15) is 194 Å². The first kappa shape index (κ1) is 39.4. The Labute approximate surface area is 251 Å². The van der Waals surface area contributed by atoms with Crippen molar-refractivity contribution in [1.29, 1.82) is 0 Å². The number of carbonyl (C=O) groups excluding carboxylic acids is 2. The van der Waals surface area contributed by atoms with Gasteiger partial charge in [-0.1, -0.05) is 154 Å². The SMILES string of the molecule is CCCCCCCC/C=C\CCCCCCCC(=O)C(N)(O)PC(=O)CCCCCCCCCCCCCCC. The zero-order valence-electron chi connectivity index (χ0n) is 26.8. The van der Waals surface area contributed by atoms with Crippen LogP contribution in [0.2, 0.25) is 0 Å². The topological polar surface area (TPSA) is 80.4 Å². The van der Waals surface area contributed by atoms with Gasteiger partial charge in [-0.15, -0.1) is 0 Å². The molecule has 4 nitrogen and oxygen atoms in total. The third-order valence-corrected chi connectivity index (χ3v) is 9.12. The van der Waals surface area contributed by atoms with Gasteiger partial charge < -0.3 is 5.11 Å². The molecule has 0 saturated heterocycles. The number of Topliss-reactive ketones (excluding diaryl/α,β-unsaturated/α-hetero) is 1. The van der Waals surface area contributed by atoms with Crippen molar-refractivity contribution < 1.29 is 14.7 Å². The maximum atomic E-state index is 12.4. The van der Waals surface area contributed by atoms with Gasteiger partial charge in [0.1, 0.15) is 0 Å². The maximum absolute atomic E-state index is 12.4. The minimum Gasteiger partial charge on any atom is -0.366 e. The fourth-order valence-corrected chi connectivity index (χ4v) is 6.19. The number of ketones is 1. The highest BCUT2D eigenvalue weighted by molar-refractivity contribution is 7.60. The Morgan fingerprint density at radius 2 is 0.875 bits per heavy atom. The lowest BCUT2D eigenvalue weighted by Crippen LogP contribution is -2.44. The molecule has 0 heterocycles. The van der Waals surface area contributed by atoms with E-state index in [1.54, 1.807) is 0 Å². The van der Waals surface area contributed by atoms with Crippen molar-refractivity contribution in [3.8, 4) is 0 Å². The van der Waals surface area contributed by atoms with E-state index in [2.05, 4.69) is 26.0 Å². The highest BCUT2D eigenvalue weighted by Crippen LogP contribution is 2.30. The van der Waals surface area contributed by atoms with Gasteiger partial charge in [-0.3, -0.25) is 15.3 Å². The lowest BCUT2D eigenvalue weighted by Gasteiger charge is -2.20. The first-order valence-corrected chi connectivity index (χ1v) is 18.4. The average molecular weight is 582 g/mol. The number of hydrogen-bond acceptors (Lipinski definition) is 4. The van der Waals surface area contributed by atoms with Crippen LogP contribution in [0.25, 0.3) is 0 Å². The van der Waals surface area contributed by atoms with Crippen LogP contribution in [-0.4, -0.2) is 21.9 Å². The van der Waals surface area contributed by atoms with Crippen molar-refractivity contribution in [2.75, 3.05) is 0 Å². The van der Waals surface area contributed by atoms with Crippen LogP contribution in [-0.2, 0) is 9.59 Å². The number of carbonyl (C=O) groups is 2. The molecule has 236 valence electrons. The van der Waals surface area contributed by atoms with Crippen molar-refractivity contribution in [3.63, 3.8) is 0 Å². The van der Waals surface area contributed by atoms with E-state index >= 15 is 0 Å². The zero-order chi connectivity index (χ0) is 29.6. The monoisotopic (exact) mass is 581 g/mol. The van der Waals surface area contributed by atoms with Gasteiger partial charge in [0.05, 0.1) is 0 Å². The molecule has 0 saturated carbocycles. The molecule has 0 radical (unpaired) electrons. The van der Waals surface area contributed by atoms with E-state index in [0.29, 0.717) is 6.42 Å². The quantitative estimate of drug-likeness (QED) is 0.0358. The molecule has 0 spiro atoms. The molecule has 3 N–H and O–H groups in total. The molecule has 0 amide bonds. The Bertz CT molecular complexity index is 605. The lowest BCUT2D eigenvalue weighted by molar-refractivity contribution is -0.130. The Balaban J connectivity index is 3.60. The second-order valence-corrected chi connectivity index (χ2v) is 13.6. The molecular weight excluding hydrogens is 513 g/mol. The third-order valence-electron chi connectivity index (χ3n) is 7.93. The average Bonchev–Trinajstić information content (AvgIpc) is 2.93. The molecule has 0 aromatic rings. The summed E-state index contributed by atoms with van der Waals surface area (Å²) in [4.78, 5) is 24.7. The summed E-state index contributed by atoms with van der Waals surface area (Å²) in [5, 5.41) is 10.4. The number of rotatable bonds is 32. The Morgan fingerprint density at radius 3 is 1.27 bits per heavy atom. The van der Waals surface area contributed by atoms with E-state index < -0.39 is 14.0 Å². The van der Waals surface area contributed by atoms with Gasteiger partial charge in [-0.2, -0.15) is 0 Å². The summed E-state index contributed by atoms with van der Waals surface area (Å²) in [6.45, 7) is 4.52. The summed E-state index contributed by atoms with van der Waals surface area (Å²) >= 11 is 0. The minimum absolute atomic E-state index is 0.0639. The van der Waals surface area contributed by atoms with E-state index in [1.807, 2.05) is 0 Å². The van der Waals surface area contributed by atoms with Gasteiger partial charge >= 0.3 is 0 Å². The molecule has 0 bridgehead atoms. The smallest absolute Gasteiger partial charge is 0.196 e. The molecule has 0 aromatic carbocycles. The highest BCUT2D eigenvalue weighted by Gasteiger charge is 2.32. The van der Waals surface area contributed by atoms with Crippen LogP contribution >= 0.6 is 8.58 Å². The van der Waals surface area contributed by atoms with Crippen molar-refractivity contribution >= 4 is 19.9 Å². The highest BCUT2D eigenvalue weighted by atomic mass is 31.1. The van der Waals surface area contributed by atoms with E-state index in [9.17, 15) is 14.7 Å². The van der Waals surface area contributed by atoms with Gasteiger partial charge in [0, 0.05) is 21.4 Å². The predicted molar refractivity (Wildman–Crippen MR) is 177 cm³/mol. The van der Waals surface area contributed by atoms with Gasteiger partial charge in [0.25, 0.3) is 0 Å². The number of nitrogens with two attached hydrogens (primary N) is 1. The molecule has 40 heavy (non-hydrogen) atoms. The Kier molecular flexibility index (Phi) is 29.5. The standard InChI is InChI=1S/C35H68NO3P/c1-3-5-7-9-11-13-15-17-18-20-21-23-25-27-29-31-33(37)35(36,39)40-34(38)32-30-28-26-24-22-19-16-14-12-10-8-6-4-2/h17-18,39-40H,3-16,19-32,36H2,1-2H3/b18-17-. The minimum atomic E-state index is -1.96. The van der Waals surface area contributed by atoms with Crippen LogP contribution in [0.4, 0.5) is 0 Å². The number of aliphatic hydroxyl groups is 1. The summed E-state index contributed by atoms with van der Waals surface area (Å²) in [6.07, 6.45) is 37.5. The Hall–Kier alpha value is -0.570. The molecule has 5 heteroatoms. The second-order valence-electron chi connectivity index (χ2n) is 12.1. The molecule has 0 aliphatic heterocycles. The van der Waals surface area contributed by atoms with E-state index in [0.717, 1.165) is 44.9 Å². The van der Waals surface area contributed by atoms with Gasteiger partial charge in [-0.25, -0.2) is 0 Å². The fraction of sp³-hybridized carbons (Fsp3) is 0.886. The molecule has 0 aliphatic rings. The van der Waals surface area contributed by atoms with Crippen LogP contribution in [0.3, 0.4) is 0 Å². The van der Waals surface area contributed by atoms with Gasteiger partial charge in [-0.05, 0) is 38.5 Å².